The molecule has 0 aliphatic rings. The average molecular weight is 175 g/mol. The molecule has 0 bridgehead atoms. The lowest BCUT2D eigenvalue weighted by molar-refractivity contribution is 0.151. The van der Waals surface area contributed by atoms with Crippen molar-refractivity contribution in [1.82, 2.24) is 5.43 Å². The summed E-state index contributed by atoms with van der Waals surface area (Å²) in [5, 5.41) is 0. The molecular weight excluding hydrogens is 163 g/mol. The van der Waals surface area contributed by atoms with Crippen molar-refractivity contribution >= 4 is 24.0 Å². The molecule has 0 heterocycles. The van der Waals surface area contributed by atoms with Gasteiger partial charge in [0.25, 0.3) is 0 Å². The fourth-order valence-corrected chi connectivity index (χ4v) is 0.397. The highest BCUT2D eigenvalue weighted by atomic mass is 35.5. The summed E-state index contributed by atoms with van der Waals surface area (Å²) in [7, 11) is 0. The molecule has 0 saturated carbocycles. The van der Waals surface area contributed by atoms with Gasteiger partial charge in [0.2, 0.25) is 0 Å². The van der Waals surface area contributed by atoms with Gasteiger partial charge in [0.15, 0.2) is 0 Å². The van der Waals surface area contributed by atoms with Crippen molar-refractivity contribution < 1.29 is 4.74 Å². The minimum atomic E-state index is 0. The minimum absolute atomic E-state index is 0. The number of hydrazine groups is 1. The van der Waals surface area contributed by atoms with Crippen LogP contribution >= 0.6 is 24.0 Å². The molecule has 0 aromatic heterocycles. The number of nitrogens with one attached hydrogen (secondary N) is 1. The molecule has 9 heavy (non-hydrogen) atoms. The number of alkyl halides is 1. The molecule has 0 atom stereocenters. The van der Waals surface area contributed by atoms with Crippen molar-refractivity contribution in [2.45, 2.75) is 0 Å². The van der Waals surface area contributed by atoms with Crippen molar-refractivity contribution in [3.8, 4) is 0 Å². The summed E-state index contributed by atoms with van der Waals surface area (Å²) in [5.41, 5.74) is 2.46. The lowest BCUT2D eigenvalue weighted by Gasteiger charge is -1.98. The molecule has 5 heteroatoms. The number of rotatable bonds is 5. The molecule has 0 amide bonds. The molecule has 0 aromatic carbocycles. The third kappa shape index (κ3) is 11.8. The number of hydrogen-bond acceptors (Lipinski definition) is 3. The van der Waals surface area contributed by atoms with E-state index in [4.69, 9.17) is 22.2 Å². The summed E-state index contributed by atoms with van der Waals surface area (Å²) < 4.78 is 4.95. The van der Waals surface area contributed by atoms with E-state index < -0.39 is 0 Å². The number of hydrogen-bond donors (Lipinski definition) is 2. The smallest absolute Gasteiger partial charge is 0.0605 e. The van der Waals surface area contributed by atoms with Crippen LogP contribution in [0, 0.1) is 0 Å². The van der Waals surface area contributed by atoms with Crippen LogP contribution in [0.15, 0.2) is 0 Å². The summed E-state index contributed by atoms with van der Waals surface area (Å²) in [6.07, 6.45) is 0. The van der Waals surface area contributed by atoms with E-state index in [1.54, 1.807) is 0 Å². The second-order valence-corrected chi connectivity index (χ2v) is 1.63. The third-order valence-corrected chi connectivity index (χ3v) is 0.767. The van der Waals surface area contributed by atoms with Gasteiger partial charge in [-0.1, -0.05) is 0 Å². The first-order valence-corrected chi connectivity index (χ1v) is 3.02. The van der Waals surface area contributed by atoms with Crippen LogP contribution < -0.4 is 11.3 Å². The Morgan fingerprint density at radius 1 is 1.44 bits per heavy atom. The van der Waals surface area contributed by atoms with Crippen molar-refractivity contribution in [3.05, 3.63) is 0 Å². The fourth-order valence-electron chi connectivity index (χ4n) is 0.288. The molecule has 0 saturated heterocycles. The summed E-state index contributed by atoms with van der Waals surface area (Å²) in [5.74, 6) is 5.49. The summed E-state index contributed by atoms with van der Waals surface area (Å²) in [4.78, 5) is 0. The summed E-state index contributed by atoms with van der Waals surface area (Å²) >= 11 is 5.30. The highest BCUT2D eigenvalue weighted by Gasteiger charge is 1.82. The number of halogens is 2. The molecule has 0 unspecified atom stereocenters. The first-order chi connectivity index (χ1) is 3.91. The van der Waals surface area contributed by atoms with Crippen LogP contribution in [0.2, 0.25) is 0 Å². The van der Waals surface area contributed by atoms with Crippen molar-refractivity contribution in [3.63, 3.8) is 0 Å². The zero-order valence-electron chi connectivity index (χ0n) is 5.10. The lowest BCUT2D eigenvalue weighted by Crippen LogP contribution is -2.26. The standard InChI is InChI=1S/C4H11ClN2O.ClH/c5-1-3-8-4-2-7-6;/h7H,1-4,6H2;1H. The summed E-state index contributed by atoms with van der Waals surface area (Å²) in [6, 6.07) is 0. The van der Waals surface area contributed by atoms with Crippen LogP contribution in [-0.2, 0) is 4.74 Å². The van der Waals surface area contributed by atoms with Crippen LogP contribution in [0.1, 0.15) is 0 Å². The monoisotopic (exact) mass is 174 g/mol. The van der Waals surface area contributed by atoms with Crippen molar-refractivity contribution in [1.29, 1.82) is 0 Å². The van der Waals surface area contributed by atoms with Crippen molar-refractivity contribution in [2.75, 3.05) is 25.6 Å². The van der Waals surface area contributed by atoms with Gasteiger partial charge in [-0.25, -0.2) is 0 Å². The van der Waals surface area contributed by atoms with Crippen LogP contribution in [0.25, 0.3) is 0 Å². The van der Waals surface area contributed by atoms with Crippen LogP contribution in [-0.4, -0.2) is 25.6 Å². The Morgan fingerprint density at radius 2 is 2.11 bits per heavy atom. The first kappa shape index (κ1) is 12.2. The van der Waals surface area contributed by atoms with Gasteiger partial charge >= 0.3 is 0 Å². The van der Waals surface area contributed by atoms with E-state index in [-0.39, 0.29) is 12.4 Å². The van der Waals surface area contributed by atoms with Gasteiger partial charge in [-0.05, 0) is 0 Å². The van der Waals surface area contributed by atoms with E-state index in [0.717, 1.165) is 0 Å². The number of ether oxygens (including phenoxy) is 1. The molecule has 58 valence electrons. The predicted molar refractivity (Wildman–Crippen MR) is 41.0 cm³/mol. The molecule has 3 nitrogen and oxygen atoms in total. The van der Waals surface area contributed by atoms with Crippen LogP contribution in [0.3, 0.4) is 0 Å². The highest BCUT2D eigenvalue weighted by Crippen LogP contribution is 1.75. The Bertz CT molecular complexity index is 41.5. The SMILES string of the molecule is Cl.NNCCOCCCl. The Labute approximate surface area is 66.3 Å². The fraction of sp³-hybridized carbons (Fsp3) is 1.00. The quantitative estimate of drug-likeness (QED) is 0.270. The lowest BCUT2D eigenvalue weighted by atomic mass is 10.7. The van der Waals surface area contributed by atoms with Gasteiger partial charge in [-0.15, -0.1) is 24.0 Å². The van der Waals surface area contributed by atoms with Crippen LogP contribution in [0.4, 0.5) is 0 Å². The maximum atomic E-state index is 5.30. The molecule has 0 aliphatic carbocycles. The molecule has 0 spiro atoms. The van der Waals surface area contributed by atoms with E-state index in [1.165, 1.54) is 0 Å². The molecular formula is C4H12Cl2N2O. The Kier molecular flexibility index (Phi) is 15.3. The van der Waals surface area contributed by atoms with Gasteiger partial charge in [0, 0.05) is 12.4 Å². The van der Waals surface area contributed by atoms with E-state index >= 15 is 0 Å². The molecule has 0 radical (unpaired) electrons. The second kappa shape index (κ2) is 11.3. The zero-order valence-corrected chi connectivity index (χ0v) is 6.67. The second-order valence-electron chi connectivity index (χ2n) is 1.26. The van der Waals surface area contributed by atoms with E-state index in [1.807, 2.05) is 0 Å². The first-order valence-electron chi connectivity index (χ1n) is 2.49. The van der Waals surface area contributed by atoms with Gasteiger partial charge in [-0.2, -0.15) is 0 Å². The van der Waals surface area contributed by atoms with Gasteiger partial charge in [0.1, 0.15) is 0 Å². The molecule has 0 fully saturated rings. The molecule has 0 aromatic rings. The highest BCUT2D eigenvalue weighted by molar-refractivity contribution is 6.17. The summed E-state index contributed by atoms with van der Waals surface area (Å²) in [6.45, 7) is 1.91. The van der Waals surface area contributed by atoms with Gasteiger partial charge < -0.3 is 4.74 Å². The maximum absolute atomic E-state index is 5.30. The molecule has 3 N–H and O–H groups in total. The molecule has 0 aliphatic heterocycles. The Hall–Kier alpha value is 0.460. The zero-order chi connectivity index (χ0) is 6.24. The number of nitrogens with two attached hydrogens (primary N) is 1. The maximum Gasteiger partial charge on any atom is 0.0605 e. The van der Waals surface area contributed by atoms with E-state index in [9.17, 15) is 0 Å². The predicted octanol–water partition coefficient (Wildman–Crippen LogP) is 0.127. The largest absolute Gasteiger partial charge is 0.379 e. The van der Waals surface area contributed by atoms with E-state index in [2.05, 4.69) is 5.43 Å². The van der Waals surface area contributed by atoms with Crippen molar-refractivity contribution in [2.24, 2.45) is 5.84 Å². The van der Waals surface area contributed by atoms with Crippen LogP contribution in [0.5, 0.6) is 0 Å². The Morgan fingerprint density at radius 3 is 2.56 bits per heavy atom. The van der Waals surface area contributed by atoms with Gasteiger partial charge in [0.05, 0.1) is 13.2 Å². The topological polar surface area (TPSA) is 47.3 Å². The Balaban J connectivity index is 0. The third-order valence-electron chi connectivity index (χ3n) is 0.612. The normalized spacial score (nSPS) is 8.67. The van der Waals surface area contributed by atoms with Gasteiger partial charge in [-0.3, -0.25) is 11.3 Å². The average Bonchev–Trinajstić information content (AvgIpc) is 1.81. The van der Waals surface area contributed by atoms with E-state index in [0.29, 0.717) is 25.6 Å². The molecule has 0 rings (SSSR count). The minimum Gasteiger partial charge on any atom is -0.379 e.